The van der Waals surface area contributed by atoms with Crippen molar-refractivity contribution >= 4 is 12.2 Å². The molecule has 11 heavy (non-hydrogen) atoms. The van der Waals surface area contributed by atoms with Gasteiger partial charge >= 0.3 is 0 Å². The van der Waals surface area contributed by atoms with E-state index in [9.17, 15) is 0 Å². The molecule has 1 saturated heterocycles. The average molecular weight is 158 g/mol. The number of nitrogens with one attached hydrogen (secondary N) is 2. The molecule has 5 nitrogen and oxygen atoms in total. The van der Waals surface area contributed by atoms with E-state index < -0.39 is 0 Å². The second-order valence-corrected chi connectivity index (χ2v) is 1.52. The highest BCUT2D eigenvalue weighted by Gasteiger charge is 1.94. The fourth-order valence-corrected chi connectivity index (χ4v) is 0.510. The van der Waals surface area contributed by atoms with E-state index in [-0.39, 0.29) is 0 Å². The van der Waals surface area contributed by atoms with Crippen LogP contribution in [0.15, 0.2) is 0 Å². The van der Waals surface area contributed by atoms with Crippen LogP contribution in [0.3, 0.4) is 0 Å². The first-order valence-corrected chi connectivity index (χ1v) is 2.99. The molecule has 1 rings (SSSR count). The Balaban J connectivity index is 0. The van der Waals surface area contributed by atoms with Crippen LogP contribution >= 0.6 is 0 Å². The van der Waals surface area contributed by atoms with E-state index in [1.165, 1.54) is 12.8 Å². The van der Waals surface area contributed by atoms with Crippen LogP contribution in [-0.4, -0.2) is 25.4 Å². The highest BCUT2D eigenvalue weighted by Crippen LogP contribution is 1.98. The van der Waals surface area contributed by atoms with E-state index in [0.717, 1.165) is 25.4 Å². The zero-order valence-corrected chi connectivity index (χ0v) is 6.05. The maximum absolute atomic E-state index is 8.35. The minimum Gasteiger partial charge on any atom is -0.381 e. The fraction of sp³-hybridized carbons (Fsp3) is 0.667. The second kappa shape index (κ2) is 15.9. The predicted molar refractivity (Wildman–Crippen MR) is 36.9 cm³/mol. The Morgan fingerprint density at radius 1 is 1.00 bits per heavy atom. The largest absolute Gasteiger partial charge is 0.381 e. The number of isocyanates is 2. The van der Waals surface area contributed by atoms with Crippen molar-refractivity contribution in [2.75, 3.05) is 13.2 Å². The second-order valence-electron chi connectivity index (χ2n) is 1.52. The standard InChI is InChI=1S/C4H8O.2CHNO/c1-2-4-5-3-1;2*2-1-3/h1-4H2;2*2H. The van der Waals surface area contributed by atoms with E-state index in [1.54, 1.807) is 0 Å². The van der Waals surface area contributed by atoms with Crippen molar-refractivity contribution in [1.29, 1.82) is 10.8 Å². The Labute approximate surface area is 64.4 Å². The van der Waals surface area contributed by atoms with Crippen molar-refractivity contribution < 1.29 is 14.3 Å². The number of ether oxygens (including phenoxy) is 1. The summed E-state index contributed by atoms with van der Waals surface area (Å²) in [6, 6.07) is 0. The van der Waals surface area contributed by atoms with E-state index in [4.69, 9.17) is 25.1 Å². The quantitative estimate of drug-likeness (QED) is 0.399. The molecule has 0 unspecified atom stereocenters. The fourth-order valence-electron chi connectivity index (χ4n) is 0.510. The summed E-state index contributed by atoms with van der Waals surface area (Å²) >= 11 is 0. The first kappa shape index (κ1) is 12.4. The third-order valence-corrected chi connectivity index (χ3v) is 0.827. The van der Waals surface area contributed by atoms with Crippen molar-refractivity contribution in [2.45, 2.75) is 12.8 Å². The summed E-state index contributed by atoms with van der Waals surface area (Å²) in [5.41, 5.74) is 0. The van der Waals surface area contributed by atoms with Gasteiger partial charge in [-0.3, -0.25) is 0 Å². The van der Waals surface area contributed by atoms with Gasteiger partial charge < -0.3 is 4.74 Å². The number of hydrogen-bond acceptors (Lipinski definition) is 5. The molecule has 1 fully saturated rings. The number of hydrogen-bond donors (Lipinski definition) is 2. The maximum Gasteiger partial charge on any atom is 0.231 e. The van der Waals surface area contributed by atoms with Gasteiger partial charge in [0.05, 0.1) is 0 Å². The van der Waals surface area contributed by atoms with E-state index in [2.05, 4.69) is 0 Å². The summed E-state index contributed by atoms with van der Waals surface area (Å²) in [6.07, 6.45) is 4.06. The Morgan fingerprint density at radius 3 is 1.36 bits per heavy atom. The molecule has 0 spiro atoms. The summed E-state index contributed by atoms with van der Waals surface area (Å²) in [6.45, 7) is 2.00. The minimum absolute atomic E-state index is 0.750. The van der Waals surface area contributed by atoms with Crippen LogP contribution in [0.25, 0.3) is 0 Å². The molecule has 5 heteroatoms. The van der Waals surface area contributed by atoms with Crippen LogP contribution in [0.2, 0.25) is 0 Å². The summed E-state index contributed by atoms with van der Waals surface area (Å²) < 4.78 is 4.94. The van der Waals surface area contributed by atoms with Crippen LogP contribution < -0.4 is 0 Å². The van der Waals surface area contributed by atoms with Gasteiger partial charge in [0, 0.05) is 13.2 Å². The zero-order valence-electron chi connectivity index (χ0n) is 6.05. The lowest BCUT2D eigenvalue weighted by Gasteiger charge is -1.76. The predicted octanol–water partition coefficient (Wildman–Crippen LogP) is 0.599. The van der Waals surface area contributed by atoms with Crippen LogP contribution in [0.5, 0.6) is 0 Å². The molecular weight excluding hydrogens is 148 g/mol. The van der Waals surface area contributed by atoms with Gasteiger partial charge in [-0.25, -0.2) is 20.4 Å². The summed E-state index contributed by atoms with van der Waals surface area (Å²) in [4.78, 5) is 16.7. The molecule has 62 valence electrons. The van der Waals surface area contributed by atoms with Gasteiger partial charge in [0.1, 0.15) is 0 Å². The first-order valence-electron chi connectivity index (χ1n) is 2.99. The lowest BCUT2D eigenvalue weighted by atomic mass is 10.4. The molecule has 0 saturated carbocycles. The number of carbonyl (C=O) groups excluding carboxylic acids is 2. The van der Waals surface area contributed by atoms with Crippen molar-refractivity contribution in [3.8, 4) is 0 Å². The van der Waals surface area contributed by atoms with Crippen LogP contribution in [0.4, 0.5) is 0 Å². The summed E-state index contributed by atoms with van der Waals surface area (Å²) in [7, 11) is 0. The maximum atomic E-state index is 8.35. The molecule has 0 aromatic rings. The monoisotopic (exact) mass is 158 g/mol. The minimum atomic E-state index is 0.750. The van der Waals surface area contributed by atoms with Crippen LogP contribution in [0, 0.1) is 10.8 Å². The van der Waals surface area contributed by atoms with Gasteiger partial charge in [0.2, 0.25) is 12.2 Å². The third-order valence-electron chi connectivity index (χ3n) is 0.827. The SMILES string of the molecule is C1CCOC1.N=C=O.N=C=O. The Bertz CT molecular complexity index is 111. The van der Waals surface area contributed by atoms with Gasteiger partial charge in [-0.05, 0) is 12.8 Å². The Kier molecular flexibility index (Phi) is 17.9. The van der Waals surface area contributed by atoms with Gasteiger partial charge in [0.25, 0.3) is 0 Å². The highest BCUT2D eigenvalue weighted by molar-refractivity contribution is 5.26. The lowest BCUT2D eigenvalue weighted by molar-refractivity contribution is 0.198. The molecule has 0 aromatic heterocycles. The third kappa shape index (κ3) is 28.5. The lowest BCUT2D eigenvalue weighted by Crippen LogP contribution is -1.74. The van der Waals surface area contributed by atoms with Gasteiger partial charge in [-0.1, -0.05) is 0 Å². The van der Waals surface area contributed by atoms with Crippen LogP contribution in [0.1, 0.15) is 12.8 Å². The van der Waals surface area contributed by atoms with Crippen LogP contribution in [-0.2, 0) is 14.3 Å². The molecule has 0 radical (unpaired) electrons. The van der Waals surface area contributed by atoms with Crippen molar-refractivity contribution in [3.05, 3.63) is 0 Å². The van der Waals surface area contributed by atoms with Crippen molar-refractivity contribution in [2.24, 2.45) is 0 Å². The Morgan fingerprint density at radius 2 is 1.27 bits per heavy atom. The summed E-state index contributed by atoms with van der Waals surface area (Å²) in [5.74, 6) is 0. The highest BCUT2D eigenvalue weighted by atomic mass is 16.5. The Hall–Kier alpha value is -1.28. The topological polar surface area (TPSA) is 91.1 Å². The molecule has 0 amide bonds. The van der Waals surface area contributed by atoms with E-state index >= 15 is 0 Å². The molecule has 0 aliphatic carbocycles. The average Bonchev–Trinajstić information content (AvgIpc) is 2.44. The molecule has 0 bridgehead atoms. The smallest absolute Gasteiger partial charge is 0.231 e. The number of rotatable bonds is 0. The summed E-state index contributed by atoms with van der Waals surface area (Å²) in [5, 5.41) is 10.8. The molecule has 1 heterocycles. The molecule has 1 aliphatic heterocycles. The van der Waals surface area contributed by atoms with E-state index in [0.29, 0.717) is 0 Å². The van der Waals surface area contributed by atoms with Gasteiger partial charge in [-0.2, -0.15) is 0 Å². The van der Waals surface area contributed by atoms with E-state index in [1.807, 2.05) is 0 Å². The first-order chi connectivity index (χ1) is 5.33. The zero-order chi connectivity index (χ0) is 8.95. The normalized spacial score (nSPS) is 12.4. The molecule has 0 aromatic carbocycles. The molecule has 1 aliphatic rings. The van der Waals surface area contributed by atoms with Gasteiger partial charge in [0.15, 0.2) is 0 Å². The van der Waals surface area contributed by atoms with Crippen molar-refractivity contribution in [3.63, 3.8) is 0 Å². The molecular formula is C6H10N2O3. The van der Waals surface area contributed by atoms with Gasteiger partial charge in [-0.15, -0.1) is 0 Å². The van der Waals surface area contributed by atoms with Crippen molar-refractivity contribution in [1.82, 2.24) is 0 Å². The molecule has 2 N–H and O–H groups in total. The molecule has 0 atom stereocenters.